The summed E-state index contributed by atoms with van der Waals surface area (Å²) in [5.41, 5.74) is 0.798. The Bertz CT molecular complexity index is 450. The van der Waals surface area contributed by atoms with E-state index in [-0.39, 0.29) is 5.91 Å². The maximum Gasteiger partial charge on any atom is 0.267 e. The lowest BCUT2D eigenvalue weighted by molar-refractivity contribution is 0.0944. The second kappa shape index (κ2) is 5.29. The van der Waals surface area contributed by atoms with Gasteiger partial charge in [0.25, 0.3) is 5.91 Å². The Balaban J connectivity index is 1.64. The molecule has 1 aromatic heterocycles. The minimum atomic E-state index is 0.0695. The molecule has 1 saturated heterocycles. The fourth-order valence-electron chi connectivity index (χ4n) is 2.38. The van der Waals surface area contributed by atoms with Crippen LogP contribution in [-0.4, -0.2) is 28.0 Å². The average molecular weight is 329 g/mol. The van der Waals surface area contributed by atoms with E-state index in [1.807, 2.05) is 24.0 Å². The highest BCUT2D eigenvalue weighted by Gasteiger charge is 2.28. The Morgan fingerprint density at radius 2 is 2.33 bits per heavy atom. The van der Waals surface area contributed by atoms with E-state index < -0.39 is 0 Å². The molecule has 1 amide bonds. The molecule has 3 nitrogen and oxygen atoms in total. The molecule has 0 aromatic carbocycles. The predicted molar refractivity (Wildman–Crippen MR) is 78.2 cm³/mol. The first kappa shape index (κ1) is 12.6. The molecule has 2 fully saturated rings. The monoisotopic (exact) mass is 328 g/mol. The van der Waals surface area contributed by atoms with Gasteiger partial charge in [0.15, 0.2) is 0 Å². The van der Waals surface area contributed by atoms with Crippen LogP contribution in [0.25, 0.3) is 0 Å². The number of carbonyl (C=O) groups excluding carboxylic acids is 1. The lowest BCUT2D eigenvalue weighted by Gasteiger charge is -2.11. The summed E-state index contributed by atoms with van der Waals surface area (Å²) in [6.07, 6.45) is 6.93. The van der Waals surface area contributed by atoms with Crippen LogP contribution in [0.4, 0.5) is 0 Å². The van der Waals surface area contributed by atoms with Crippen LogP contribution in [0.3, 0.4) is 0 Å². The van der Waals surface area contributed by atoms with Crippen molar-refractivity contribution >= 4 is 33.6 Å². The molecule has 0 spiro atoms. The third-order valence-corrected chi connectivity index (χ3v) is 5.33. The van der Waals surface area contributed by atoms with E-state index in [1.165, 1.54) is 31.4 Å². The van der Waals surface area contributed by atoms with Crippen molar-refractivity contribution in [1.82, 2.24) is 9.88 Å². The van der Waals surface area contributed by atoms with Gasteiger partial charge >= 0.3 is 0 Å². The van der Waals surface area contributed by atoms with Gasteiger partial charge in [-0.15, -0.1) is 0 Å². The Morgan fingerprint density at radius 1 is 1.50 bits per heavy atom. The van der Waals surface area contributed by atoms with Gasteiger partial charge in [-0.1, -0.05) is 0 Å². The van der Waals surface area contributed by atoms with Crippen molar-refractivity contribution in [1.29, 1.82) is 0 Å². The Morgan fingerprint density at radius 3 is 3.00 bits per heavy atom. The molecular formula is C13H17BrN2OS. The number of halogens is 1. The molecule has 98 valence electrons. The molecule has 1 aliphatic carbocycles. The molecule has 18 heavy (non-hydrogen) atoms. The second-order valence-electron chi connectivity index (χ2n) is 5.03. The molecule has 1 aliphatic heterocycles. The van der Waals surface area contributed by atoms with Crippen molar-refractivity contribution in [3.63, 3.8) is 0 Å². The van der Waals surface area contributed by atoms with Gasteiger partial charge < -0.3 is 9.88 Å². The van der Waals surface area contributed by atoms with E-state index in [0.29, 0.717) is 11.3 Å². The molecule has 1 N–H and O–H groups in total. The second-order valence-corrected chi connectivity index (χ2v) is 7.35. The molecule has 3 rings (SSSR count). The quantitative estimate of drug-likeness (QED) is 0.920. The van der Waals surface area contributed by atoms with Gasteiger partial charge in [-0.3, -0.25) is 4.79 Å². The van der Waals surface area contributed by atoms with Crippen molar-refractivity contribution in [2.45, 2.75) is 37.0 Å². The third-order valence-electron chi connectivity index (χ3n) is 3.50. The molecule has 0 radical (unpaired) electrons. The van der Waals surface area contributed by atoms with Crippen LogP contribution in [0.2, 0.25) is 0 Å². The van der Waals surface area contributed by atoms with Crippen molar-refractivity contribution in [2.24, 2.45) is 0 Å². The Kier molecular flexibility index (Phi) is 3.71. The van der Waals surface area contributed by atoms with Crippen molar-refractivity contribution in [3.05, 3.63) is 22.4 Å². The molecule has 1 saturated carbocycles. The molecule has 2 aliphatic rings. The highest BCUT2D eigenvalue weighted by molar-refractivity contribution is 9.10. The van der Waals surface area contributed by atoms with E-state index in [9.17, 15) is 4.79 Å². The number of aromatic nitrogens is 1. The summed E-state index contributed by atoms with van der Waals surface area (Å²) in [5.74, 6) is 1.31. The Hall–Kier alpha value is -0.420. The number of rotatable bonds is 4. The van der Waals surface area contributed by atoms with Crippen molar-refractivity contribution < 1.29 is 4.79 Å². The highest BCUT2D eigenvalue weighted by Crippen LogP contribution is 2.37. The normalized spacial score (nSPS) is 23.3. The first-order chi connectivity index (χ1) is 8.74. The van der Waals surface area contributed by atoms with E-state index in [1.54, 1.807) is 0 Å². The summed E-state index contributed by atoms with van der Waals surface area (Å²) in [4.78, 5) is 12.2. The summed E-state index contributed by atoms with van der Waals surface area (Å²) in [7, 11) is 0. The predicted octanol–water partition coefficient (Wildman–Crippen LogP) is 3.21. The van der Waals surface area contributed by atoms with E-state index in [0.717, 1.165) is 16.7 Å². The Labute approximate surface area is 120 Å². The van der Waals surface area contributed by atoms with Gasteiger partial charge in [0, 0.05) is 28.5 Å². The summed E-state index contributed by atoms with van der Waals surface area (Å²) < 4.78 is 3.11. The molecule has 1 atom stereocenters. The van der Waals surface area contributed by atoms with Crippen LogP contribution in [0, 0.1) is 0 Å². The number of thioether (sulfide) groups is 1. The summed E-state index contributed by atoms with van der Waals surface area (Å²) in [6, 6.07) is 2.47. The topological polar surface area (TPSA) is 34.0 Å². The number of nitrogens with zero attached hydrogens (tertiary/aromatic N) is 1. The number of nitrogens with one attached hydrogen (secondary N) is 1. The largest absolute Gasteiger partial charge is 0.350 e. The fourth-order valence-corrected chi connectivity index (χ4v) is 4.02. The first-order valence-electron chi connectivity index (χ1n) is 6.51. The van der Waals surface area contributed by atoms with Crippen LogP contribution in [0.15, 0.2) is 16.7 Å². The van der Waals surface area contributed by atoms with Gasteiger partial charge in [-0.25, -0.2) is 0 Å². The van der Waals surface area contributed by atoms with Crippen molar-refractivity contribution in [2.75, 3.05) is 12.3 Å². The van der Waals surface area contributed by atoms with Gasteiger partial charge in [-0.2, -0.15) is 11.8 Å². The molecule has 2 heterocycles. The number of carbonyl (C=O) groups is 1. The third kappa shape index (κ3) is 2.77. The zero-order valence-corrected chi connectivity index (χ0v) is 12.6. The number of amides is 1. The highest BCUT2D eigenvalue weighted by atomic mass is 79.9. The van der Waals surface area contributed by atoms with Gasteiger partial charge in [0.2, 0.25) is 0 Å². The maximum absolute atomic E-state index is 12.2. The lowest BCUT2D eigenvalue weighted by Crippen LogP contribution is -2.31. The number of hydrogen-bond acceptors (Lipinski definition) is 2. The first-order valence-corrected chi connectivity index (χ1v) is 8.35. The van der Waals surface area contributed by atoms with Gasteiger partial charge in [0.1, 0.15) is 5.69 Å². The summed E-state index contributed by atoms with van der Waals surface area (Å²) in [5, 5.41) is 3.69. The van der Waals surface area contributed by atoms with Gasteiger partial charge in [0.05, 0.1) is 0 Å². The smallest absolute Gasteiger partial charge is 0.267 e. The van der Waals surface area contributed by atoms with E-state index in [4.69, 9.17) is 0 Å². The van der Waals surface area contributed by atoms with Crippen LogP contribution in [0.1, 0.15) is 42.2 Å². The van der Waals surface area contributed by atoms with Crippen LogP contribution < -0.4 is 5.32 Å². The minimum absolute atomic E-state index is 0.0695. The maximum atomic E-state index is 12.2. The van der Waals surface area contributed by atoms with Crippen LogP contribution in [-0.2, 0) is 0 Å². The fraction of sp³-hybridized carbons (Fsp3) is 0.615. The molecular weight excluding hydrogens is 312 g/mol. The van der Waals surface area contributed by atoms with Crippen molar-refractivity contribution in [3.8, 4) is 0 Å². The SMILES string of the molecule is O=C(NCC1CCCS1)c1cc(Br)cn1C1CC1. The molecule has 0 bridgehead atoms. The van der Waals surface area contributed by atoms with E-state index >= 15 is 0 Å². The van der Waals surface area contributed by atoms with Crippen LogP contribution in [0.5, 0.6) is 0 Å². The average Bonchev–Trinajstić information content (AvgIpc) is 2.92. The molecule has 5 heteroatoms. The lowest BCUT2D eigenvalue weighted by atomic mass is 10.2. The van der Waals surface area contributed by atoms with Crippen LogP contribution >= 0.6 is 27.7 Å². The zero-order chi connectivity index (χ0) is 12.5. The minimum Gasteiger partial charge on any atom is -0.350 e. The van der Waals surface area contributed by atoms with E-state index in [2.05, 4.69) is 25.8 Å². The zero-order valence-electron chi connectivity index (χ0n) is 10.2. The summed E-state index contributed by atoms with van der Waals surface area (Å²) in [6.45, 7) is 0.803. The summed E-state index contributed by atoms with van der Waals surface area (Å²) >= 11 is 5.44. The molecule has 1 unspecified atom stereocenters. The van der Waals surface area contributed by atoms with Gasteiger partial charge in [-0.05, 0) is 53.4 Å². The number of hydrogen-bond donors (Lipinski definition) is 1. The standard InChI is InChI=1S/C13H17BrN2OS/c14-9-6-12(16(8-9)10-3-4-10)13(17)15-7-11-2-1-5-18-11/h6,8,10-11H,1-5,7H2,(H,15,17). The molecule has 1 aromatic rings.